The van der Waals surface area contributed by atoms with Gasteiger partial charge in [-0.25, -0.2) is 4.68 Å². The van der Waals surface area contributed by atoms with Crippen molar-refractivity contribution in [1.82, 2.24) is 30.0 Å². The van der Waals surface area contributed by atoms with E-state index in [9.17, 15) is 9.59 Å². The Balaban J connectivity index is 1.51. The topological polar surface area (TPSA) is 121 Å². The summed E-state index contributed by atoms with van der Waals surface area (Å²) < 4.78 is 23.9. The van der Waals surface area contributed by atoms with E-state index >= 15 is 0 Å². The third-order valence-corrected chi connectivity index (χ3v) is 6.76. The Labute approximate surface area is 220 Å². The minimum absolute atomic E-state index is 0.0756. The quantitative estimate of drug-likeness (QED) is 0.464. The first-order valence-corrected chi connectivity index (χ1v) is 12.4. The van der Waals surface area contributed by atoms with Crippen molar-refractivity contribution < 1.29 is 28.5 Å². The standard InChI is InChI=1S/C26H30N6O6/c1-35-22-13-19-7-8-32-25(34)15-30(24(33)16-31-17-27-28-29-31)9-10-37-11-12-38-20-5-3-18(4-6-20)26(32)21(19)14-23(22)36-2/h3-6,13-14,17,26H,7-12,15-16H2,1-2H3. The molecule has 0 aliphatic carbocycles. The van der Waals surface area contributed by atoms with Gasteiger partial charge in [-0.05, 0) is 57.8 Å². The minimum atomic E-state index is -0.377. The fraction of sp³-hybridized carbons (Fsp3) is 0.423. The number of benzene rings is 2. The number of rotatable bonds is 4. The summed E-state index contributed by atoms with van der Waals surface area (Å²) in [7, 11) is 3.20. The fourth-order valence-corrected chi connectivity index (χ4v) is 4.85. The number of amides is 2. The summed E-state index contributed by atoms with van der Waals surface area (Å²) >= 11 is 0. The molecule has 2 amide bonds. The Kier molecular flexibility index (Phi) is 7.68. The van der Waals surface area contributed by atoms with E-state index in [4.69, 9.17) is 18.9 Å². The molecule has 6 rings (SSSR count). The molecule has 12 heteroatoms. The Hall–Kier alpha value is -4.19. The molecule has 1 atom stereocenters. The molecule has 0 fully saturated rings. The smallest absolute Gasteiger partial charge is 0.244 e. The van der Waals surface area contributed by atoms with Crippen molar-refractivity contribution in [3.63, 3.8) is 0 Å². The van der Waals surface area contributed by atoms with Crippen molar-refractivity contribution in [2.75, 3.05) is 53.7 Å². The zero-order valence-electron chi connectivity index (χ0n) is 21.4. The van der Waals surface area contributed by atoms with Crippen LogP contribution in [0.1, 0.15) is 22.7 Å². The molecule has 0 N–H and O–H groups in total. The van der Waals surface area contributed by atoms with Crippen LogP contribution in [0, 0.1) is 0 Å². The molecule has 0 spiro atoms. The van der Waals surface area contributed by atoms with Gasteiger partial charge in [-0.1, -0.05) is 12.1 Å². The predicted octanol–water partition coefficient (Wildman–Crippen LogP) is 1.10. The van der Waals surface area contributed by atoms with Gasteiger partial charge in [0, 0.05) is 13.1 Å². The lowest BCUT2D eigenvalue weighted by Crippen LogP contribution is -2.48. The first-order chi connectivity index (χ1) is 18.6. The van der Waals surface area contributed by atoms with E-state index in [1.807, 2.05) is 41.3 Å². The number of carbonyl (C=O) groups excluding carboxylic acids is 2. The number of aromatic nitrogens is 4. The summed E-state index contributed by atoms with van der Waals surface area (Å²) in [6, 6.07) is 11.3. The Morgan fingerprint density at radius 1 is 1.05 bits per heavy atom. The van der Waals surface area contributed by atoms with Crippen molar-refractivity contribution in [3.05, 3.63) is 59.4 Å². The van der Waals surface area contributed by atoms with Crippen molar-refractivity contribution in [2.24, 2.45) is 0 Å². The van der Waals surface area contributed by atoms with E-state index < -0.39 is 0 Å². The average Bonchev–Trinajstić information content (AvgIpc) is 3.45. The second-order valence-corrected chi connectivity index (χ2v) is 9.00. The van der Waals surface area contributed by atoms with Crippen molar-refractivity contribution in [1.29, 1.82) is 0 Å². The molecule has 0 saturated heterocycles. The maximum absolute atomic E-state index is 13.9. The molecular weight excluding hydrogens is 492 g/mol. The monoisotopic (exact) mass is 522 g/mol. The number of ether oxygens (including phenoxy) is 4. The van der Waals surface area contributed by atoms with E-state index in [0.717, 1.165) is 16.7 Å². The molecule has 3 aromatic rings. The second-order valence-electron chi connectivity index (χ2n) is 9.00. The lowest BCUT2D eigenvalue weighted by molar-refractivity contribution is -0.142. The molecule has 38 heavy (non-hydrogen) atoms. The number of nitrogens with zero attached hydrogens (tertiary/aromatic N) is 6. The lowest BCUT2D eigenvalue weighted by atomic mass is 9.87. The molecule has 3 aliphatic heterocycles. The molecule has 200 valence electrons. The van der Waals surface area contributed by atoms with Gasteiger partial charge in [0.25, 0.3) is 0 Å². The molecular formula is C26H30N6O6. The number of hydrogen-bond acceptors (Lipinski definition) is 9. The predicted molar refractivity (Wildman–Crippen MR) is 134 cm³/mol. The molecule has 0 saturated carbocycles. The molecule has 12 nitrogen and oxygen atoms in total. The van der Waals surface area contributed by atoms with E-state index in [0.29, 0.717) is 43.4 Å². The highest BCUT2D eigenvalue weighted by molar-refractivity contribution is 5.85. The van der Waals surface area contributed by atoms with Gasteiger partial charge in [-0.3, -0.25) is 9.59 Å². The van der Waals surface area contributed by atoms with Gasteiger partial charge in [0.05, 0.1) is 40.0 Å². The molecule has 1 unspecified atom stereocenters. The Morgan fingerprint density at radius 3 is 2.58 bits per heavy atom. The van der Waals surface area contributed by atoms with Gasteiger partial charge in [0.15, 0.2) is 11.5 Å². The number of carbonyl (C=O) groups is 2. The number of tetrazole rings is 1. The van der Waals surface area contributed by atoms with E-state index in [2.05, 4.69) is 15.5 Å². The van der Waals surface area contributed by atoms with Crippen molar-refractivity contribution in [2.45, 2.75) is 19.0 Å². The highest BCUT2D eigenvalue weighted by Gasteiger charge is 2.34. The second kappa shape index (κ2) is 11.5. The van der Waals surface area contributed by atoms with Crippen LogP contribution >= 0.6 is 0 Å². The van der Waals surface area contributed by atoms with Gasteiger partial charge in [-0.15, -0.1) is 5.10 Å². The summed E-state index contributed by atoms with van der Waals surface area (Å²) in [5.41, 5.74) is 2.96. The summed E-state index contributed by atoms with van der Waals surface area (Å²) in [5.74, 6) is 1.50. The first kappa shape index (κ1) is 25.5. The highest BCUT2D eigenvalue weighted by Crippen LogP contribution is 2.41. The molecule has 2 aromatic carbocycles. The minimum Gasteiger partial charge on any atom is -0.493 e. The van der Waals surface area contributed by atoms with Crippen LogP contribution in [0.4, 0.5) is 0 Å². The normalized spacial score (nSPS) is 18.1. The molecule has 4 heterocycles. The third-order valence-electron chi connectivity index (χ3n) is 6.76. The van der Waals surface area contributed by atoms with Crippen LogP contribution in [-0.2, 0) is 27.3 Å². The van der Waals surface area contributed by atoms with Gasteiger partial charge in [0.1, 0.15) is 25.2 Å². The fourth-order valence-electron chi connectivity index (χ4n) is 4.85. The largest absolute Gasteiger partial charge is 0.493 e. The van der Waals surface area contributed by atoms with Gasteiger partial charge in [-0.2, -0.15) is 0 Å². The highest BCUT2D eigenvalue weighted by atomic mass is 16.5. The summed E-state index contributed by atoms with van der Waals surface area (Å²) in [6.07, 6.45) is 2.00. The van der Waals surface area contributed by atoms with Crippen LogP contribution in [0.15, 0.2) is 42.7 Å². The van der Waals surface area contributed by atoms with Crippen LogP contribution in [0.3, 0.4) is 0 Å². The van der Waals surface area contributed by atoms with Crippen LogP contribution in [0.2, 0.25) is 0 Å². The molecule has 3 aliphatic rings. The lowest BCUT2D eigenvalue weighted by Gasteiger charge is -2.39. The number of methoxy groups -OCH3 is 2. The first-order valence-electron chi connectivity index (χ1n) is 12.4. The van der Waals surface area contributed by atoms with Crippen LogP contribution in [0.25, 0.3) is 0 Å². The number of hydrogen-bond donors (Lipinski definition) is 0. The molecule has 1 aromatic heterocycles. The summed E-state index contributed by atoms with van der Waals surface area (Å²) in [6.45, 7) is 1.54. The maximum atomic E-state index is 13.9. The van der Waals surface area contributed by atoms with E-state index in [-0.39, 0.29) is 44.1 Å². The third kappa shape index (κ3) is 5.40. The van der Waals surface area contributed by atoms with Crippen molar-refractivity contribution >= 4 is 11.8 Å². The Morgan fingerprint density at radius 2 is 1.84 bits per heavy atom. The van der Waals surface area contributed by atoms with Crippen molar-refractivity contribution in [3.8, 4) is 17.2 Å². The zero-order valence-corrected chi connectivity index (χ0v) is 21.4. The van der Waals surface area contributed by atoms with Gasteiger partial charge in [0.2, 0.25) is 11.8 Å². The Bertz CT molecular complexity index is 1270. The van der Waals surface area contributed by atoms with Crippen LogP contribution in [-0.4, -0.2) is 95.5 Å². The van der Waals surface area contributed by atoms with E-state index in [1.54, 1.807) is 14.2 Å². The SMILES string of the molecule is COc1cc2c(cc1OC)C1c3ccc(cc3)OCCOCCN(C(=O)Cn3cnnn3)CC(=O)N1CC2. The molecule has 0 radical (unpaired) electrons. The van der Waals surface area contributed by atoms with Gasteiger partial charge < -0.3 is 28.7 Å². The summed E-state index contributed by atoms with van der Waals surface area (Å²) in [4.78, 5) is 30.3. The van der Waals surface area contributed by atoms with Crippen LogP contribution < -0.4 is 14.2 Å². The molecule has 2 bridgehead atoms. The summed E-state index contributed by atoms with van der Waals surface area (Å²) in [5, 5.41) is 10.9. The average molecular weight is 523 g/mol. The van der Waals surface area contributed by atoms with Gasteiger partial charge >= 0.3 is 0 Å². The zero-order chi connectivity index (χ0) is 26.5. The van der Waals surface area contributed by atoms with Crippen LogP contribution in [0.5, 0.6) is 17.2 Å². The number of fused-ring (bicyclic) bond motifs is 11. The maximum Gasteiger partial charge on any atom is 0.244 e. The van der Waals surface area contributed by atoms with E-state index in [1.165, 1.54) is 15.9 Å².